The second-order valence-electron chi connectivity index (χ2n) is 5.00. The molecule has 0 radical (unpaired) electrons. The third kappa shape index (κ3) is 4.71. The van der Waals surface area contributed by atoms with Crippen molar-refractivity contribution in [2.45, 2.75) is 45.8 Å². The smallest absolute Gasteiger partial charge is 0.413 e. The molecule has 0 fully saturated rings. The van der Waals surface area contributed by atoms with Crippen LogP contribution in [0.3, 0.4) is 0 Å². The van der Waals surface area contributed by atoms with Crippen molar-refractivity contribution < 1.29 is 14.6 Å². The molecule has 1 amide bonds. The Morgan fingerprint density at radius 2 is 2.17 bits per heavy atom. The number of pyridine rings is 1. The van der Waals surface area contributed by atoms with E-state index in [-0.39, 0.29) is 0 Å². The van der Waals surface area contributed by atoms with Crippen LogP contribution in [0, 0.1) is 0 Å². The lowest BCUT2D eigenvalue weighted by Crippen LogP contribution is -2.27. The Hall–Kier alpha value is -1.62. The summed E-state index contributed by atoms with van der Waals surface area (Å²) >= 11 is 0. The first-order valence-electron chi connectivity index (χ1n) is 5.97. The number of nitrogens with zero attached hydrogens (tertiary/aromatic N) is 1. The average Bonchev–Trinajstić information content (AvgIpc) is 2.25. The largest absolute Gasteiger partial charge is 0.444 e. The fourth-order valence-corrected chi connectivity index (χ4v) is 1.32. The molecule has 1 atom stereocenters. The first kappa shape index (κ1) is 14.4. The van der Waals surface area contributed by atoms with Gasteiger partial charge < -0.3 is 9.84 Å². The number of rotatable bonds is 3. The molecule has 1 aromatic heterocycles. The molecule has 0 aliphatic rings. The summed E-state index contributed by atoms with van der Waals surface area (Å²) in [7, 11) is 0. The number of aromatic nitrogens is 1. The van der Waals surface area contributed by atoms with Gasteiger partial charge in [-0.2, -0.15) is 0 Å². The molecule has 0 spiro atoms. The van der Waals surface area contributed by atoms with Crippen molar-refractivity contribution in [3.8, 4) is 0 Å². The molecule has 2 N–H and O–H groups in total. The topological polar surface area (TPSA) is 71.5 Å². The minimum Gasteiger partial charge on any atom is -0.444 e. The highest BCUT2D eigenvalue weighted by molar-refractivity contribution is 5.83. The maximum absolute atomic E-state index is 11.5. The van der Waals surface area contributed by atoms with E-state index < -0.39 is 17.8 Å². The van der Waals surface area contributed by atoms with Gasteiger partial charge in [0.15, 0.2) is 0 Å². The zero-order valence-corrected chi connectivity index (χ0v) is 11.2. The van der Waals surface area contributed by atoms with E-state index in [1.165, 1.54) is 0 Å². The number of aliphatic hydroxyl groups is 1. The van der Waals surface area contributed by atoms with Gasteiger partial charge in [0.1, 0.15) is 11.4 Å². The standard InChI is InChI=1S/C13H20N2O3/c1-5-10(16)9-7-6-8-11(14-9)15-12(17)18-13(2,3)4/h6-8,10,16H,5H2,1-4H3,(H,14,15,17). The summed E-state index contributed by atoms with van der Waals surface area (Å²) in [6, 6.07) is 5.10. The maximum atomic E-state index is 11.5. The quantitative estimate of drug-likeness (QED) is 0.867. The third-order valence-corrected chi connectivity index (χ3v) is 2.13. The summed E-state index contributed by atoms with van der Waals surface area (Å²) in [6.45, 7) is 7.23. The van der Waals surface area contributed by atoms with Gasteiger partial charge >= 0.3 is 6.09 Å². The van der Waals surface area contributed by atoms with E-state index in [1.54, 1.807) is 39.0 Å². The van der Waals surface area contributed by atoms with Crippen molar-refractivity contribution in [3.05, 3.63) is 23.9 Å². The highest BCUT2D eigenvalue weighted by Gasteiger charge is 2.17. The molecule has 0 aliphatic carbocycles. The van der Waals surface area contributed by atoms with Gasteiger partial charge in [-0.05, 0) is 39.3 Å². The van der Waals surface area contributed by atoms with E-state index in [2.05, 4.69) is 10.3 Å². The van der Waals surface area contributed by atoms with Crippen LogP contribution in [0.15, 0.2) is 18.2 Å². The van der Waals surface area contributed by atoms with Crippen LogP contribution in [0.25, 0.3) is 0 Å². The molecule has 0 bridgehead atoms. The number of nitrogens with one attached hydrogen (secondary N) is 1. The second-order valence-corrected chi connectivity index (χ2v) is 5.00. The van der Waals surface area contributed by atoms with Crippen molar-refractivity contribution in [1.82, 2.24) is 4.98 Å². The van der Waals surface area contributed by atoms with Crippen LogP contribution in [0.2, 0.25) is 0 Å². The number of carbonyl (C=O) groups excluding carboxylic acids is 1. The van der Waals surface area contributed by atoms with Crippen molar-refractivity contribution in [1.29, 1.82) is 0 Å². The molecule has 5 heteroatoms. The van der Waals surface area contributed by atoms with Gasteiger partial charge in [-0.25, -0.2) is 9.78 Å². The number of ether oxygens (including phenoxy) is 1. The van der Waals surface area contributed by atoms with Crippen molar-refractivity contribution in [2.24, 2.45) is 0 Å². The van der Waals surface area contributed by atoms with Crippen LogP contribution in [-0.4, -0.2) is 21.8 Å². The van der Waals surface area contributed by atoms with Gasteiger partial charge in [0.2, 0.25) is 0 Å². The summed E-state index contributed by atoms with van der Waals surface area (Å²) in [5.74, 6) is 0.370. The van der Waals surface area contributed by atoms with Gasteiger partial charge in [0, 0.05) is 0 Å². The lowest BCUT2D eigenvalue weighted by molar-refractivity contribution is 0.0635. The number of hydrogen-bond donors (Lipinski definition) is 2. The van der Waals surface area contributed by atoms with E-state index in [0.717, 1.165) is 0 Å². The van der Waals surface area contributed by atoms with E-state index in [1.807, 2.05) is 6.92 Å². The summed E-state index contributed by atoms with van der Waals surface area (Å²) in [6.07, 6.45) is -0.605. The molecule has 18 heavy (non-hydrogen) atoms. The zero-order chi connectivity index (χ0) is 13.8. The van der Waals surface area contributed by atoms with E-state index in [0.29, 0.717) is 17.9 Å². The predicted octanol–water partition coefficient (Wildman–Crippen LogP) is 2.87. The molecule has 1 rings (SSSR count). The average molecular weight is 252 g/mol. The normalized spacial score (nSPS) is 12.9. The number of anilines is 1. The molecule has 0 saturated carbocycles. The number of aliphatic hydroxyl groups excluding tert-OH is 1. The van der Waals surface area contributed by atoms with Crippen LogP contribution in [0.4, 0.5) is 10.6 Å². The molecule has 1 unspecified atom stereocenters. The Kier molecular flexibility index (Phi) is 4.67. The number of carbonyl (C=O) groups is 1. The van der Waals surface area contributed by atoms with Gasteiger partial charge in [0.05, 0.1) is 11.8 Å². The molecule has 100 valence electrons. The van der Waals surface area contributed by atoms with E-state index in [4.69, 9.17) is 4.74 Å². The van der Waals surface area contributed by atoms with Crippen LogP contribution in [0.5, 0.6) is 0 Å². The summed E-state index contributed by atoms with van der Waals surface area (Å²) in [5.41, 5.74) is -0.0176. The molecular formula is C13H20N2O3. The Labute approximate surface area is 107 Å². The Morgan fingerprint density at radius 1 is 1.50 bits per heavy atom. The first-order chi connectivity index (χ1) is 8.31. The molecule has 1 aromatic rings. The van der Waals surface area contributed by atoms with Crippen LogP contribution >= 0.6 is 0 Å². The fraction of sp³-hybridized carbons (Fsp3) is 0.538. The molecule has 0 aliphatic heterocycles. The Morgan fingerprint density at radius 3 is 2.72 bits per heavy atom. The Balaban J connectivity index is 2.71. The van der Waals surface area contributed by atoms with E-state index >= 15 is 0 Å². The van der Waals surface area contributed by atoms with Gasteiger partial charge in [-0.3, -0.25) is 5.32 Å². The van der Waals surface area contributed by atoms with Gasteiger partial charge in [-0.1, -0.05) is 13.0 Å². The second kappa shape index (κ2) is 5.82. The number of hydrogen-bond acceptors (Lipinski definition) is 4. The molecular weight excluding hydrogens is 232 g/mol. The first-order valence-corrected chi connectivity index (χ1v) is 5.97. The van der Waals surface area contributed by atoms with Crippen LogP contribution < -0.4 is 5.32 Å². The molecule has 0 saturated heterocycles. The zero-order valence-electron chi connectivity index (χ0n) is 11.2. The highest BCUT2D eigenvalue weighted by Crippen LogP contribution is 2.16. The molecule has 1 heterocycles. The monoisotopic (exact) mass is 252 g/mol. The van der Waals surface area contributed by atoms with Crippen molar-refractivity contribution in [3.63, 3.8) is 0 Å². The highest BCUT2D eigenvalue weighted by atomic mass is 16.6. The minimum atomic E-state index is -0.620. The predicted molar refractivity (Wildman–Crippen MR) is 69.3 cm³/mol. The Bertz CT molecular complexity index is 413. The SMILES string of the molecule is CCC(O)c1cccc(NC(=O)OC(C)(C)C)n1. The lowest BCUT2D eigenvalue weighted by atomic mass is 10.2. The third-order valence-electron chi connectivity index (χ3n) is 2.13. The van der Waals surface area contributed by atoms with Crippen LogP contribution in [-0.2, 0) is 4.74 Å². The molecule has 5 nitrogen and oxygen atoms in total. The lowest BCUT2D eigenvalue weighted by Gasteiger charge is -2.19. The maximum Gasteiger partial charge on any atom is 0.413 e. The van der Waals surface area contributed by atoms with Gasteiger partial charge in [0.25, 0.3) is 0 Å². The summed E-state index contributed by atoms with van der Waals surface area (Å²) in [4.78, 5) is 15.7. The molecule has 0 aromatic carbocycles. The minimum absolute atomic E-state index is 0.370. The summed E-state index contributed by atoms with van der Waals surface area (Å²) in [5, 5.41) is 12.2. The van der Waals surface area contributed by atoms with E-state index in [9.17, 15) is 9.90 Å². The fourth-order valence-electron chi connectivity index (χ4n) is 1.32. The van der Waals surface area contributed by atoms with Crippen LogP contribution in [0.1, 0.15) is 45.9 Å². The van der Waals surface area contributed by atoms with Crippen molar-refractivity contribution in [2.75, 3.05) is 5.32 Å². The van der Waals surface area contributed by atoms with Crippen molar-refractivity contribution >= 4 is 11.9 Å². The summed E-state index contributed by atoms with van der Waals surface area (Å²) < 4.78 is 5.12. The van der Waals surface area contributed by atoms with Gasteiger partial charge in [-0.15, -0.1) is 0 Å². The number of amides is 1.